The summed E-state index contributed by atoms with van der Waals surface area (Å²) in [7, 11) is 0. The lowest BCUT2D eigenvalue weighted by atomic mass is 10.1. The van der Waals surface area contributed by atoms with Crippen molar-refractivity contribution in [3.63, 3.8) is 0 Å². The number of hydrogen-bond acceptors (Lipinski definition) is 4. The maximum atomic E-state index is 12.6. The van der Waals surface area contributed by atoms with Gasteiger partial charge in [-0.25, -0.2) is 0 Å². The molecule has 1 N–H and O–H groups in total. The number of ether oxygens (including phenoxy) is 2. The fourth-order valence-electron chi connectivity index (χ4n) is 3.14. The van der Waals surface area contributed by atoms with Crippen molar-refractivity contribution in [3.05, 3.63) is 54.1 Å². The van der Waals surface area contributed by atoms with Crippen molar-refractivity contribution in [2.45, 2.75) is 26.3 Å². The van der Waals surface area contributed by atoms with Gasteiger partial charge in [0.25, 0.3) is 5.91 Å². The summed E-state index contributed by atoms with van der Waals surface area (Å²) in [5.74, 6) is 1.07. The van der Waals surface area contributed by atoms with Crippen LogP contribution in [0.1, 0.15) is 30.6 Å². The van der Waals surface area contributed by atoms with E-state index in [2.05, 4.69) is 5.32 Å². The molecule has 1 aliphatic heterocycles. The van der Waals surface area contributed by atoms with E-state index < -0.39 is 0 Å². The highest BCUT2D eigenvalue weighted by Gasteiger charge is 2.32. The minimum Gasteiger partial charge on any atom is -0.494 e. The number of benzene rings is 2. The SMILES string of the molecule is CCOc1ccc(N2CC(NC(=O)c3ccccc3OCC)CC2=O)cc1. The fraction of sp³-hybridized carbons (Fsp3) is 0.333. The number of para-hydroxylation sites is 1. The second-order valence-corrected chi connectivity index (χ2v) is 6.23. The van der Waals surface area contributed by atoms with E-state index in [4.69, 9.17) is 9.47 Å². The molecule has 0 radical (unpaired) electrons. The van der Waals surface area contributed by atoms with Crippen molar-refractivity contribution in [1.29, 1.82) is 0 Å². The zero-order valence-electron chi connectivity index (χ0n) is 15.6. The average molecular weight is 368 g/mol. The standard InChI is InChI=1S/C21H24N2O4/c1-3-26-17-11-9-16(10-12-17)23-14-15(13-20(23)24)22-21(25)18-7-5-6-8-19(18)27-4-2/h5-12,15H,3-4,13-14H2,1-2H3,(H,22,25). The molecule has 0 bridgehead atoms. The minimum atomic E-state index is -0.244. The summed E-state index contributed by atoms with van der Waals surface area (Å²) in [6.45, 7) is 5.32. The van der Waals surface area contributed by atoms with Gasteiger partial charge in [-0.1, -0.05) is 12.1 Å². The number of hydrogen-bond donors (Lipinski definition) is 1. The van der Waals surface area contributed by atoms with Crippen LogP contribution in [0.4, 0.5) is 5.69 Å². The maximum Gasteiger partial charge on any atom is 0.255 e. The van der Waals surface area contributed by atoms with Crippen LogP contribution in [0.2, 0.25) is 0 Å². The highest BCUT2D eigenvalue weighted by molar-refractivity contribution is 6.00. The van der Waals surface area contributed by atoms with Crippen LogP contribution < -0.4 is 19.7 Å². The molecule has 1 atom stereocenters. The molecule has 1 unspecified atom stereocenters. The first-order valence-corrected chi connectivity index (χ1v) is 9.18. The monoisotopic (exact) mass is 368 g/mol. The van der Waals surface area contributed by atoms with E-state index in [9.17, 15) is 9.59 Å². The van der Waals surface area contributed by atoms with Gasteiger partial charge in [0.2, 0.25) is 5.91 Å². The zero-order chi connectivity index (χ0) is 19.2. The van der Waals surface area contributed by atoms with E-state index in [1.807, 2.05) is 44.2 Å². The predicted octanol–water partition coefficient (Wildman–Crippen LogP) is 3.02. The topological polar surface area (TPSA) is 67.9 Å². The van der Waals surface area contributed by atoms with Crippen LogP contribution in [-0.2, 0) is 4.79 Å². The molecule has 0 aromatic heterocycles. The summed E-state index contributed by atoms with van der Waals surface area (Å²) in [4.78, 5) is 26.7. The largest absolute Gasteiger partial charge is 0.494 e. The van der Waals surface area contributed by atoms with Gasteiger partial charge in [-0.15, -0.1) is 0 Å². The first kappa shape index (κ1) is 18.8. The second-order valence-electron chi connectivity index (χ2n) is 6.23. The third-order valence-electron chi connectivity index (χ3n) is 4.35. The molecule has 1 saturated heterocycles. The number of nitrogens with zero attached hydrogens (tertiary/aromatic N) is 1. The van der Waals surface area contributed by atoms with Crippen molar-refractivity contribution in [2.24, 2.45) is 0 Å². The Kier molecular flexibility index (Phi) is 5.96. The minimum absolute atomic E-state index is 0.0115. The van der Waals surface area contributed by atoms with E-state index in [1.54, 1.807) is 23.1 Å². The molecule has 2 aromatic carbocycles. The molecular weight excluding hydrogens is 344 g/mol. The molecule has 142 valence electrons. The Morgan fingerprint density at radius 3 is 2.48 bits per heavy atom. The third kappa shape index (κ3) is 4.39. The Morgan fingerprint density at radius 1 is 1.07 bits per heavy atom. The normalized spacial score (nSPS) is 16.3. The molecule has 6 nitrogen and oxygen atoms in total. The third-order valence-corrected chi connectivity index (χ3v) is 4.35. The molecular formula is C21H24N2O4. The zero-order valence-corrected chi connectivity index (χ0v) is 15.6. The Hall–Kier alpha value is -3.02. The quantitative estimate of drug-likeness (QED) is 0.816. The van der Waals surface area contributed by atoms with E-state index in [0.717, 1.165) is 11.4 Å². The van der Waals surface area contributed by atoms with Gasteiger partial charge in [0.15, 0.2) is 0 Å². The number of carbonyl (C=O) groups is 2. The molecule has 0 aliphatic carbocycles. The number of anilines is 1. The van der Waals surface area contributed by atoms with Crippen molar-refractivity contribution in [1.82, 2.24) is 5.32 Å². The average Bonchev–Trinajstić information content (AvgIpc) is 3.03. The number of nitrogens with one attached hydrogen (secondary N) is 1. The molecule has 0 spiro atoms. The van der Waals surface area contributed by atoms with Gasteiger partial charge in [0.1, 0.15) is 11.5 Å². The van der Waals surface area contributed by atoms with Gasteiger partial charge in [-0.2, -0.15) is 0 Å². The number of rotatable bonds is 7. The van der Waals surface area contributed by atoms with Crippen LogP contribution >= 0.6 is 0 Å². The molecule has 6 heteroatoms. The lowest BCUT2D eigenvalue weighted by molar-refractivity contribution is -0.117. The van der Waals surface area contributed by atoms with E-state index in [1.165, 1.54) is 0 Å². The summed E-state index contributed by atoms with van der Waals surface area (Å²) in [6.07, 6.45) is 0.274. The van der Waals surface area contributed by atoms with Crippen LogP contribution in [0.3, 0.4) is 0 Å². The molecule has 3 rings (SSSR count). The molecule has 1 heterocycles. The van der Waals surface area contributed by atoms with Gasteiger partial charge in [-0.3, -0.25) is 9.59 Å². The Balaban J connectivity index is 1.66. The highest BCUT2D eigenvalue weighted by atomic mass is 16.5. The first-order valence-electron chi connectivity index (χ1n) is 9.18. The van der Waals surface area contributed by atoms with Crippen LogP contribution in [0, 0.1) is 0 Å². The van der Waals surface area contributed by atoms with Crippen LogP contribution in [0.25, 0.3) is 0 Å². The molecule has 0 saturated carbocycles. The van der Waals surface area contributed by atoms with Gasteiger partial charge >= 0.3 is 0 Å². The lowest BCUT2D eigenvalue weighted by Gasteiger charge is -2.18. The molecule has 27 heavy (non-hydrogen) atoms. The van der Waals surface area contributed by atoms with Gasteiger partial charge < -0.3 is 19.7 Å². The summed E-state index contributed by atoms with van der Waals surface area (Å²) in [6, 6.07) is 14.3. The summed E-state index contributed by atoms with van der Waals surface area (Å²) >= 11 is 0. The molecule has 1 fully saturated rings. The Morgan fingerprint density at radius 2 is 1.78 bits per heavy atom. The van der Waals surface area contributed by atoms with E-state index in [0.29, 0.717) is 31.1 Å². The van der Waals surface area contributed by atoms with Gasteiger partial charge in [-0.05, 0) is 50.2 Å². The first-order chi connectivity index (χ1) is 13.1. The molecule has 2 amide bonds. The molecule has 1 aliphatic rings. The van der Waals surface area contributed by atoms with Crippen molar-refractivity contribution in [3.8, 4) is 11.5 Å². The summed E-state index contributed by atoms with van der Waals surface area (Å²) in [5.41, 5.74) is 1.28. The fourth-order valence-corrected chi connectivity index (χ4v) is 3.14. The van der Waals surface area contributed by atoms with Crippen LogP contribution in [0.15, 0.2) is 48.5 Å². The van der Waals surface area contributed by atoms with E-state index >= 15 is 0 Å². The number of carbonyl (C=O) groups excluding carboxylic acids is 2. The van der Waals surface area contributed by atoms with Gasteiger partial charge in [0.05, 0.1) is 24.8 Å². The Bertz CT molecular complexity index is 804. The predicted molar refractivity (Wildman–Crippen MR) is 103 cm³/mol. The summed E-state index contributed by atoms with van der Waals surface area (Å²) in [5, 5.41) is 2.95. The van der Waals surface area contributed by atoms with Gasteiger partial charge in [0, 0.05) is 18.7 Å². The van der Waals surface area contributed by atoms with E-state index in [-0.39, 0.29) is 24.3 Å². The Labute approximate surface area is 159 Å². The van der Waals surface area contributed by atoms with Crippen LogP contribution in [0.5, 0.6) is 11.5 Å². The highest BCUT2D eigenvalue weighted by Crippen LogP contribution is 2.25. The smallest absolute Gasteiger partial charge is 0.255 e. The number of amides is 2. The second kappa shape index (κ2) is 8.58. The summed E-state index contributed by atoms with van der Waals surface area (Å²) < 4.78 is 10.9. The van der Waals surface area contributed by atoms with Crippen LogP contribution in [-0.4, -0.2) is 37.6 Å². The maximum absolute atomic E-state index is 12.6. The van der Waals surface area contributed by atoms with Crippen molar-refractivity contribution < 1.29 is 19.1 Å². The molecule has 2 aromatic rings. The van der Waals surface area contributed by atoms with Crippen molar-refractivity contribution in [2.75, 3.05) is 24.7 Å². The van der Waals surface area contributed by atoms with Crippen molar-refractivity contribution >= 4 is 17.5 Å². The lowest BCUT2D eigenvalue weighted by Crippen LogP contribution is -2.37.